The molecule has 0 aliphatic carbocycles. The van der Waals surface area contributed by atoms with Crippen LogP contribution < -0.4 is 0 Å². The number of aromatic nitrogens is 1. The fourth-order valence-corrected chi connectivity index (χ4v) is 3.88. The van der Waals surface area contributed by atoms with Crippen LogP contribution in [0, 0.1) is 12.3 Å². The van der Waals surface area contributed by atoms with E-state index in [0.717, 1.165) is 41.1 Å². The van der Waals surface area contributed by atoms with Crippen molar-refractivity contribution in [1.29, 1.82) is 0 Å². The van der Waals surface area contributed by atoms with Crippen LogP contribution in [0.4, 0.5) is 0 Å². The van der Waals surface area contributed by atoms with E-state index in [1.165, 1.54) is 0 Å². The molecule has 31 heavy (non-hydrogen) atoms. The topological polar surface area (TPSA) is 48.3 Å². The molecule has 0 saturated heterocycles. The standard InChI is InChI=1S/C27H23NO3/c1-3-5-15-28-18-24(23-17-20(13-14-25(23)28)27(30)31-16-4-2)26(29)22-12-8-10-19-9-6-7-11-21(19)22/h2,6-14,17-18H,3,5,15-16H2,1H3. The highest BCUT2D eigenvalue weighted by Gasteiger charge is 2.20. The summed E-state index contributed by atoms with van der Waals surface area (Å²) >= 11 is 0. The Kier molecular flexibility index (Phi) is 5.86. The first-order chi connectivity index (χ1) is 15.1. The van der Waals surface area contributed by atoms with Crippen molar-refractivity contribution in [3.05, 3.63) is 83.6 Å². The van der Waals surface area contributed by atoms with E-state index in [1.807, 2.05) is 54.7 Å². The minimum atomic E-state index is -0.496. The number of ketones is 1. The van der Waals surface area contributed by atoms with E-state index in [-0.39, 0.29) is 12.4 Å². The monoisotopic (exact) mass is 409 g/mol. The Labute approximate surface area is 181 Å². The number of carbonyl (C=O) groups is 2. The number of terminal acetylenes is 1. The van der Waals surface area contributed by atoms with Gasteiger partial charge in [0.25, 0.3) is 0 Å². The van der Waals surface area contributed by atoms with Gasteiger partial charge in [-0.25, -0.2) is 4.79 Å². The van der Waals surface area contributed by atoms with Gasteiger partial charge in [-0.1, -0.05) is 61.7 Å². The Morgan fingerprint density at radius 3 is 2.61 bits per heavy atom. The van der Waals surface area contributed by atoms with E-state index in [1.54, 1.807) is 12.1 Å². The van der Waals surface area contributed by atoms with Gasteiger partial charge in [-0.3, -0.25) is 4.79 Å². The average molecular weight is 409 g/mol. The third kappa shape index (κ3) is 3.95. The zero-order valence-corrected chi connectivity index (χ0v) is 17.4. The maximum absolute atomic E-state index is 13.7. The molecule has 4 heteroatoms. The van der Waals surface area contributed by atoms with E-state index >= 15 is 0 Å². The number of fused-ring (bicyclic) bond motifs is 2. The quantitative estimate of drug-likeness (QED) is 0.226. The SMILES string of the molecule is C#CCOC(=O)c1ccc2c(c1)c(C(=O)c1cccc3ccccc13)cn2CCCC. The van der Waals surface area contributed by atoms with Gasteiger partial charge in [-0.2, -0.15) is 0 Å². The number of hydrogen-bond acceptors (Lipinski definition) is 3. The molecule has 0 fully saturated rings. The molecule has 0 radical (unpaired) electrons. The van der Waals surface area contributed by atoms with Crippen molar-refractivity contribution >= 4 is 33.4 Å². The molecule has 4 rings (SSSR count). The number of benzene rings is 3. The third-order valence-electron chi connectivity index (χ3n) is 5.43. The molecule has 4 nitrogen and oxygen atoms in total. The van der Waals surface area contributed by atoms with Crippen molar-refractivity contribution in [3.63, 3.8) is 0 Å². The van der Waals surface area contributed by atoms with E-state index < -0.39 is 5.97 Å². The molecular weight excluding hydrogens is 386 g/mol. The van der Waals surface area contributed by atoms with Gasteiger partial charge in [-0.15, -0.1) is 6.42 Å². The molecule has 0 unspecified atom stereocenters. The van der Waals surface area contributed by atoms with Gasteiger partial charge >= 0.3 is 5.97 Å². The van der Waals surface area contributed by atoms with Crippen molar-refractivity contribution in [1.82, 2.24) is 4.57 Å². The minimum absolute atomic E-state index is 0.0637. The number of hydrogen-bond donors (Lipinski definition) is 0. The number of aryl methyl sites for hydroxylation is 1. The normalized spacial score (nSPS) is 10.8. The van der Waals surface area contributed by atoms with Gasteiger partial charge in [0, 0.05) is 34.8 Å². The Balaban J connectivity index is 1.85. The van der Waals surface area contributed by atoms with Crippen LogP contribution in [-0.2, 0) is 11.3 Å². The fourth-order valence-electron chi connectivity index (χ4n) is 3.88. The number of rotatable bonds is 7. The summed E-state index contributed by atoms with van der Waals surface area (Å²) in [5.74, 6) is 1.74. The highest BCUT2D eigenvalue weighted by Crippen LogP contribution is 2.28. The van der Waals surface area contributed by atoms with Gasteiger partial charge in [0.2, 0.25) is 0 Å². The molecule has 0 aliphatic heterocycles. The zero-order chi connectivity index (χ0) is 21.8. The maximum Gasteiger partial charge on any atom is 0.339 e. The van der Waals surface area contributed by atoms with E-state index in [9.17, 15) is 9.59 Å². The summed E-state index contributed by atoms with van der Waals surface area (Å²) in [5.41, 5.74) is 2.52. The first kappa shape index (κ1) is 20.4. The largest absolute Gasteiger partial charge is 0.449 e. The molecule has 0 amide bonds. The molecule has 4 aromatic rings. The summed E-state index contributed by atoms with van der Waals surface area (Å²) in [6.45, 7) is 2.85. The Morgan fingerprint density at radius 1 is 1.00 bits per heavy atom. The van der Waals surface area contributed by atoms with Crippen LogP contribution in [0.15, 0.2) is 66.9 Å². The van der Waals surface area contributed by atoms with Crippen molar-refractivity contribution < 1.29 is 14.3 Å². The van der Waals surface area contributed by atoms with Crippen LogP contribution in [0.1, 0.15) is 46.0 Å². The van der Waals surface area contributed by atoms with Gasteiger partial charge in [0.1, 0.15) is 0 Å². The lowest BCUT2D eigenvalue weighted by Crippen LogP contribution is -2.06. The molecule has 154 valence electrons. The minimum Gasteiger partial charge on any atom is -0.449 e. The van der Waals surface area contributed by atoms with Crippen molar-refractivity contribution in [2.24, 2.45) is 0 Å². The molecule has 0 N–H and O–H groups in total. The molecule has 1 heterocycles. The molecule has 1 aromatic heterocycles. The molecular formula is C27H23NO3. The second kappa shape index (κ2) is 8.89. The summed E-state index contributed by atoms with van der Waals surface area (Å²) in [5, 5.41) is 2.67. The molecule has 0 saturated carbocycles. The molecule has 0 bridgehead atoms. The Bertz CT molecular complexity index is 1320. The van der Waals surface area contributed by atoms with Gasteiger partial charge < -0.3 is 9.30 Å². The summed E-state index contributed by atoms with van der Waals surface area (Å²) in [4.78, 5) is 26.0. The zero-order valence-electron chi connectivity index (χ0n) is 17.4. The maximum atomic E-state index is 13.7. The van der Waals surface area contributed by atoms with Gasteiger partial charge in [-0.05, 0) is 35.4 Å². The third-order valence-corrected chi connectivity index (χ3v) is 5.43. The van der Waals surface area contributed by atoms with Crippen LogP contribution in [0.25, 0.3) is 21.7 Å². The summed E-state index contributed by atoms with van der Waals surface area (Å²) in [6.07, 6.45) is 9.14. The van der Waals surface area contributed by atoms with E-state index in [0.29, 0.717) is 16.7 Å². The summed E-state index contributed by atoms with van der Waals surface area (Å²) in [6, 6.07) is 18.9. The van der Waals surface area contributed by atoms with Crippen molar-refractivity contribution in [2.45, 2.75) is 26.3 Å². The Morgan fingerprint density at radius 2 is 1.81 bits per heavy atom. The smallest absolute Gasteiger partial charge is 0.339 e. The predicted octanol–water partition coefficient (Wildman–Crippen LogP) is 5.62. The van der Waals surface area contributed by atoms with Crippen molar-refractivity contribution in [3.8, 4) is 12.3 Å². The molecule has 0 spiro atoms. The average Bonchev–Trinajstić information content (AvgIpc) is 3.18. The van der Waals surface area contributed by atoms with Gasteiger partial charge in [0.05, 0.1) is 5.56 Å². The first-order valence-corrected chi connectivity index (χ1v) is 10.4. The van der Waals surface area contributed by atoms with Crippen LogP contribution in [-0.4, -0.2) is 22.9 Å². The highest BCUT2D eigenvalue weighted by atomic mass is 16.5. The number of unbranched alkanes of at least 4 members (excludes halogenated alkanes) is 1. The lowest BCUT2D eigenvalue weighted by atomic mass is 9.96. The van der Waals surface area contributed by atoms with Crippen molar-refractivity contribution in [2.75, 3.05) is 6.61 Å². The molecule has 3 aromatic carbocycles. The number of esters is 1. The van der Waals surface area contributed by atoms with E-state index in [2.05, 4.69) is 17.4 Å². The predicted molar refractivity (Wildman–Crippen MR) is 123 cm³/mol. The number of ether oxygens (including phenoxy) is 1. The second-order valence-corrected chi connectivity index (χ2v) is 7.46. The van der Waals surface area contributed by atoms with Crippen LogP contribution in [0.3, 0.4) is 0 Å². The first-order valence-electron chi connectivity index (χ1n) is 10.4. The molecule has 0 atom stereocenters. The fraction of sp³-hybridized carbons (Fsp3) is 0.185. The summed E-state index contributed by atoms with van der Waals surface area (Å²) < 4.78 is 7.16. The van der Waals surface area contributed by atoms with Gasteiger partial charge in [0.15, 0.2) is 12.4 Å². The lowest BCUT2D eigenvalue weighted by Gasteiger charge is -2.06. The highest BCUT2D eigenvalue weighted by molar-refractivity contribution is 6.21. The van der Waals surface area contributed by atoms with Crippen LogP contribution in [0.2, 0.25) is 0 Å². The number of nitrogens with zero attached hydrogens (tertiary/aromatic N) is 1. The van der Waals surface area contributed by atoms with Crippen LogP contribution in [0.5, 0.6) is 0 Å². The number of carbonyl (C=O) groups excluding carboxylic acids is 2. The summed E-state index contributed by atoms with van der Waals surface area (Å²) in [7, 11) is 0. The molecule has 0 aliphatic rings. The lowest BCUT2D eigenvalue weighted by molar-refractivity contribution is 0.0556. The van der Waals surface area contributed by atoms with Crippen LogP contribution >= 0.6 is 0 Å². The second-order valence-electron chi connectivity index (χ2n) is 7.46. The Hall–Kier alpha value is -3.84. The van der Waals surface area contributed by atoms with E-state index in [4.69, 9.17) is 11.2 Å².